The molecule has 1 spiro atoms. The van der Waals surface area contributed by atoms with Crippen LogP contribution in [0.25, 0.3) is 10.9 Å². The fourth-order valence-corrected chi connectivity index (χ4v) is 3.86. The molecule has 2 N–H and O–H groups in total. The van der Waals surface area contributed by atoms with Gasteiger partial charge in [-0.1, -0.05) is 0 Å². The van der Waals surface area contributed by atoms with Gasteiger partial charge in [0.1, 0.15) is 11.5 Å². The van der Waals surface area contributed by atoms with E-state index in [4.69, 9.17) is 4.74 Å². The molecular formula is C18H21FN2O3. The van der Waals surface area contributed by atoms with Gasteiger partial charge in [-0.25, -0.2) is 4.39 Å². The highest BCUT2D eigenvalue weighted by Gasteiger charge is 2.44. The van der Waals surface area contributed by atoms with Crippen molar-refractivity contribution < 1.29 is 19.0 Å². The minimum absolute atomic E-state index is 0.0910. The summed E-state index contributed by atoms with van der Waals surface area (Å²) >= 11 is 0. The summed E-state index contributed by atoms with van der Waals surface area (Å²) in [4.78, 5) is 17.5. The number of amides is 1. The Bertz CT molecular complexity index is 765. The third-order valence-electron chi connectivity index (χ3n) is 5.33. The van der Waals surface area contributed by atoms with Crippen molar-refractivity contribution in [1.29, 1.82) is 0 Å². The second kappa shape index (κ2) is 5.86. The number of nitrogens with one attached hydrogen (secondary N) is 1. The molecule has 5 nitrogen and oxygen atoms in total. The summed E-state index contributed by atoms with van der Waals surface area (Å²) in [5.74, 6) is -0.418. The molecule has 0 saturated carbocycles. The van der Waals surface area contributed by atoms with Crippen molar-refractivity contribution in [3.8, 4) is 0 Å². The number of piperidine rings is 1. The number of aromatic nitrogens is 1. The van der Waals surface area contributed by atoms with Crippen molar-refractivity contribution in [3.05, 3.63) is 35.8 Å². The SMILES string of the molecule is O=C(c1cc2ccc(F)cc2[nH]1)N1CCC2(CC1)OCCCC2O. The summed E-state index contributed by atoms with van der Waals surface area (Å²) < 4.78 is 19.2. The monoisotopic (exact) mass is 332 g/mol. The van der Waals surface area contributed by atoms with Crippen LogP contribution < -0.4 is 0 Å². The summed E-state index contributed by atoms with van der Waals surface area (Å²) in [5, 5.41) is 11.1. The lowest BCUT2D eigenvalue weighted by molar-refractivity contribution is -0.174. The minimum atomic E-state index is -0.487. The van der Waals surface area contributed by atoms with Crippen LogP contribution in [-0.2, 0) is 4.74 Å². The third-order valence-corrected chi connectivity index (χ3v) is 5.33. The lowest BCUT2D eigenvalue weighted by Crippen LogP contribution is -2.56. The van der Waals surface area contributed by atoms with Crippen molar-refractivity contribution in [2.75, 3.05) is 19.7 Å². The molecule has 2 aliphatic heterocycles. The van der Waals surface area contributed by atoms with Gasteiger partial charge in [-0.3, -0.25) is 4.79 Å². The quantitative estimate of drug-likeness (QED) is 0.843. The standard InChI is InChI=1S/C18H21FN2O3/c19-13-4-3-12-10-15(20-14(12)11-13)17(23)21-7-5-18(6-8-21)16(22)2-1-9-24-18/h3-4,10-11,16,20,22H,1-2,5-9H2. The molecule has 0 radical (unpaired) electrons. The number of hydrogen-bond acceptors (Lipinski definition) is 3. The number of aliphatic hydroxyl groups excluding tert-OH is 1. The van der Waals surface area contributed by atoms with E-state index in [2.05, 4.69) is 4.98 Å². The molecule has 0 bridgehead atoms. The number of hydrogen-bond donors (Lipinski definition) is 2. The van der Waals surface area contributed by atoms with Crippen molar-refractivity contribution in [2.24, 2.45) is 0 Å². The summed E-state index contributed by atoms with van der Waals surface area (Å²) in [7, 11) is 0. The Balaban J connectivity index is 1.49. The molecule has 3 heterocycles. The molecule has 128 valence electrons. The number of halogens is 1. The molecule has 24 heavy (non-hydrogen) atoms. The van der Waals surface area contributed by atoms with Crippen LogP contribution in [-0.4, -0.2) is 52.3 Å². The van der Waals surface area contributed by atoms with E-state index in [0.717, 1.165) is 18.2 Å². The van der Waals surface area contributed by atoms with Crippen LogP contribution in [0, 0.1) is 5.82 Å². The number of benzene rings is 1. The zero-order valence-corrected chi connectivity index (χ0v) is 13.4. The Morgan fingerprint density at radius 3 is 2.88 bits per heavy atom. The first-order valence-corrected chi connectivity index (χ1v) is 8.47. The zero-order chi connectivity index (χ0) is 16.7. The first-order chi connectivity index (χ1) is 11.6. The third kappa shape index (κ3) is 2.59. The first kappa shape index (κ1) is 15.6. The predicted octanol–water partition coefficient (Wildman–Crippen LogP) is 2.45. The number of nitrogens with zero attached hydrogens (tertiary/aromatic N) is 1. The molecule has 6 heteroatoms. The number of rotatable bonds is 1. The molecular weight excluding hydrogens is 311 g/mol. The van der Waals surface area contributed by atoms with Crippen molar-refractivity contribution in [1.82, 2.24) is 9.88 Å². The average Bonchev–Trinajstić information content (AvgIpc) is 3.01. The number of aliphatic hydroxyl groups is 1. The van der Waals surface area contributed by atoms with E-state index in [1.165, 1.54) is 12.1 Å². The van der Waals surface area contributed by atoms with E-state index < -0.39 is 11.7 Å². The normalized spacial score (nSPS) is 23.8. The summed E-state index contributed by atoms with van der Waals surface area (Å²) in [6, 6.07) is 6.20. The molecule has 2 aliphatic rings. The van der Waals surface area contributed by atoms with E-state index in [-0.39, 0.29) is 11.7 Å². The van der Waals surface area contributed by atoms with Gasteiger partial charge < -0.3 is 19.7 Å². The lowest BCUT2D eigenvalue weighted by atomic mass is 9.82. The van der Waals surface area contributed by atoms with Crippen molar-refractivity contribution in [2.45, 2.75) is 37.4 Å². The van der Waals surface area contributed by atoms with Gasteiger partial charge in [0, 0.05) is 30.6 Å². The van der Waals surface area contributed by atoms with E-state index >= 15 is 0 Å². The maximum Gasteiger partial charge on any atom is 0.270 e. The molecule has 1 aromatic carbocycles. The Labute approximate surface area is 139 Å². The summed E-state index contributed by atoms with van der Waals surface area (Å²) in [5.41, 5.74) is 0.605. The van der Waals surface area contributed by atoms with E-state index in [9.17, 15) is 14.3 Å². The van der Waals surface area contributed by atoms with Gasteiger partial charge in [0.25, 0.3) is 5.91 Å². The Kier molecular flexibility index (Phi) is 3.81. The number of aromatic amines is 1. The molecule has 4 rings (SSSR count). The van der Waals surface area contributed by atoms with Gasteiger partial charge in [0.15, 0.2) is 0 Å². The van der Waals surface area contributed by atoms with Crippen LogP contribution in [0.2, 0.25) is 0 Å². The van der Waals surface area contributed by atoms with Gasteiger partial charge in [0.05, 0.1) is 11.7 Å². The van der Waals surface area contributed by atoms with Crippen LogP contribution in [0.15, 0.2) is 24.3 Å². The molecule has 1 aromatic heterocycles. The summed E-state index contributed by atoms with van der Waals surface area (Å²) in [6.45, 7) is 1.79. The molecule has 1 amide bonds. The van der Waals surface area contributed by atoms with Gasteiger partial charge in [-0.2, -0.15) is 0 Å². The Morgan fingerprint density at radius 1 is 1.33 bits per heavy atom. The number of fused-ring (bicyclic) bond motifs is 1. The van der Waals surface area contributed by atoms with Gasteiger partial charge in [-0.15, -0.1) is 0 Å². The number of H-pyrrole nitrogens is 1. The number of ether oxygens (including phenoxy) is 1. The Morgan fingerprint density at radius 2 is 2.12 bits per heavy atom. The molecule has 2 saturated heterocycles. The van der Waals surface area contributed by atoms with Crippen LogP contribution in [0.3, 0.4) is 0 Å². The first-order valence-electron chi connectivity index (χ1n) is 8.47. The van der Waals surface area contributed by atoms with Crippen LogP contribution in [0.1, 0.15) is 36.2 Å². The fraction of sp³-hybridized carbons (Fsp3) is 0.500. The van der Waals surface area contributed by atoms with Crippen LogP contribution in [0.4, 0.5) is 4.39 Å². The average molecular weight is 332 g/mol. The highest BCUT2D eigenvalue weighted by molar-refractivity contribution is 5.98. The van der Waals surface area contributed by atoms with Crippen molar-refractivity contribution >= 4 is 16.8 Å². The molecule has 1 atom stereocenters. The number of carbonyl (C=O) groups excluding carboxylic acids is 1. The highest BCUT2D eigenvalue weighted by Crippen LogP contribution is 2.35. The molecule has 1 unspecified atom stereocenters. The maximum atomic E-state index is 13.3. The van der Waals surface area contributed by atoms with E-state index in [0.29, 0.717) is 43.7 Å². The second-order valence-corrected chi connectivity index (χ2v) is 6.78. The van der Waals surface area contributed by atoms with E-state index in [1.54, 1.807) is 17.0 Å². The lowest BCUT2D eigenvalue weighted by Gasteiger charge is -2.46. The van der Waals surface area contributed by atoms with Gasteiger partial charge >= 0.3 is 0 Å². The predicted molar refractivity (Wildman–Crippen MR) is 87.3 cm³/mol. The number of carbonyl (C=O) groups is 1. The topological polar surface area (TPSA) is 65.6 Å². The number of likely N-dealkylation sites (tertiary alicyclic amines) is 1. The Hall–Kier alpha value is -1.92. The highest BCUT2D eigenvalue weighted by atomic mass is 19.1. The molecule has 2 aromatic rings. The van der Waals surface area contributed by atoms with Crippen LogP contribution >= 0.6 is 0 Å². The summed E-state index contributed by atoms with van der Waals surface area (Å²) in [6.07, 6.45) is 2.50. The van der Waals surface area contributed by atoms with Gasteiger partial charge in [0.2, 0.25) is 0 Å². The largest absolute Gasteiger partial charge is 0.390 e. The second-order valence-electron chi connectivity index (χ2n) is 6.78. The fourth-order valence-electron chi connectivity index (χ4n) is 3.86. The van der Waals surface area contributed by atoms with Crippen molar-refractivity contribution in [3.63, 3.8) is 0 Å². The van der Waals surface area contributed by atoms with Gasteiger partial charge in [-0.05, 0) is 49.9 Å². The molecule has 2 fully saturated rings. The van der Waals surface area contributed by atoms with E-state index in [1.807, 2.05) is 0 Å². The maximum absolute atomic E-state index is 13.3. The minimum Gasteiger partial charge on any atom is -0.390 e. The smallest absolute Gasteiger partial charge is 0.270 e. The zero-order valence-electron chi connectivity index (χ0n) is 13.4. The molecule has 0 aliphatic carbocycles. The van der Waals surface area contributed by atoms with Crippen LogP contribution in [0.5, 0.6) is 0 Å².